The van der Waals surface area contributed by atoms with Crippen LogP contribution < -0.4 is 10.6 Å². The topological polar surface area (TPSA) is 105 Å². The van der Waals surface area contributed by atoms with Gasteiger partial charge in [0.1, 0.15) is 13.2 Å². The molecule has 0 aromatic carbocycles. The van der Waals surface area contributed by atoms with Gasteiger partial charge < -0.3 is 15.2 Å². The van der Waals surface area contributed by atoms with Crippen molar-refractivity contribution in [2.75, 3.05) is 13.2 Å². The smallest absolute Gasteiger partial charge is 0.329 e. The van der Waals surface area contributed by atoms with Crippen LogP contribution in [-0.2, 0) is 14.3 Å². The molecule has 1 saturated carbocycles. The van der Waals surface area contributed by atoms with E-state index in [1.54, 1.807) is 0 Å². The number of carbonyl (C=O) groups is 3. The maximum atomic E-state index is 11.6. The van der Waals surface area contributed by atoms with Crippen molar-refractivity contribution in [1.82, 2.24) is 10.6 Å². The third-order valence-corrected chi connectivity index (χ3v) is 3.30. The van der Waals surface area contributed by atoms with E-state index < -0.39 is 31.1 Å². The molecule has 0 saturated heterocycles. The Morgan fingerprint density at radius 1 is 1.15 bits per heavy atom. The quantitative estimate of drug-likeness (QED) is 0.651. The van der Waals surface area contributed by atoms with Crippen LogP contribution in [0, 0.1) is 5.92 Å². The van der Waals surface area contributed by atoms with Crippen molar-refractivity contribution in [2.24, 2.45) is 5.92 Å². The molecule has 0 aromatic heterocycles. The second-order valence-corrected chi connectivity index (χ2v) is 5.22. The molecule has 1 aliphatic rings. The van der Waals surface area contributed by atoms with Gasteiger partial charge in [-0.3, -0.25) is 10.1 Å². The van der Waals surface area contributed by atoms with Gasteiger partial charge in [-0.25, -0.2) is 9.59 Å². The molecule has 20 heavy (non-hydrogen) atoms. The van der Waals surface area contributed by atoms with Crippen LogP contribution in [-0.4, -0.2) is 42.3 Å². The summed E-state index contributed by atoms with van der Waals surface area (Å²) in [4.78, 5) is 33.1. The van der Waals surface area contributed by atoms with E-state index in [1.807, 2.05) is 0 Å². The highest BCUT2D eigenvalue weighted by atomic mass is 16.5. The highest BCUT2D eigenvalue weighted by Gasteiger charge is 2.18. The van der Waals surface area contributed by atoms with E-state index in [9.17, 15) is 14.4 Å². The maximum Gasteiger partial charge on any atom is 0.329 e. The zero-order chi connectivity index (χ0) is 15.0. The molecule has 0 aromatic rings. The highest BCUT2D eigenvalue weighted by molar-refractivity contribution is 5.95. The fourth-order valence-corrected chi connectivity index (χ4v) is 2.25. The lowest BCUT2D eigenvalue weighted by atomic mass is 10.0. The molecule has 1 aliphatic carbocycles. The lowest BCUT2D eigenvalue weighted by Gasteiger charge is -2.16. The molecule has 2 unspecified atom stereocenters. The Kier molecular flexibility index (Phi) is 7.00. The average Bonchev–Trinajstić information content (AvgIpc) is 2.53. The first-order valence-electron chi connectivity index (χ1n) is 6.87. The Balaban J connectivity index is 2.21. The van der Waals surface area contributed by atoms with Crippen LogP contribution in [0.3, 0.4) is 0 Å². The van der Waals surface area contributed by atoms with E-state index in [2.05, 4.69) is 22.3 Å². The number of nitrogens with one attached hydrogen (secondary N) is 2. The number of amides is 3. The van der Waals surface area contributed by atoms with E-state index in [0.29, 0.717) is 5.92 Å². The Bertz CT molecular complexity index is 359. The number of urea groups is 1. The van der Waals surface area contributed by atoms with E-state index in [-0.39, 0.29) is 6.04 Å². The van der Waals surface area contributed by atoms with Gasteiger partial charge in [-0.05, 0) is 25.2 Å². The summed E-state index contributed by atoms with van der Waals surface area (Å²) in [5.41, 5.74) is 0. The number of carbonyl (C=O) groups excluding carboxylic acids is 2. The minimum Gasteiger partial charge on any atom is -0.480 e. The van der Waals surface area contributed by atoms with Crippen LogP contribution in [0.15, 0.2) is 0 Å². The molecule has 3 amide bonds. The van der Waals surface area contributed by atoms with Gasteiger partial charge in [0, 0.05) is 6.04 Å². The molecule has 3 N–H and O–H groups in total. The summed E-state index contributed by atoms with van der Waals surface area (Å²) in [7, 11) is 0. The normalized spacial score (nSPS) is 22.6. The van der Waals surface area contributed by atoms with Crippen molar-refractivity contribution in [1.29, 1.82) is 0 Å². The van der Waals surface area contributed by atoms with Gasteiger partial charge in [0.15, 0.2) is 0 Å². The standard InChI is InChI=1S/C13H22N2O5/c1-9-3-2-4-10(6-5-9)14-13(19)15-11(16)7-20-8-12(17)18/h9-10H,2-8H2,1H3,(H,17,18)(H2,14,15,16,19). The Hall–Kier alpha value is -1.63. The first-order valence-corrected chi connectivity index (χ1v) is 6.87. The molecule has 114 valence electrons. The molecule has 7 heteroatoms. The Labute approximate surface area is 118 Å². The third kappa shape index (κ3) is 7.08. The fourth-order valence-electron chi connectivity index (χ4n) is 2.25. The summed E-state index contributed by atoms with van der Waals surface area (Å²) < 4.78 is 4.59. The lowest BCUT2D eigenvalue weighted by Crippen LogP contribution is -2.45. The van der Waals surface area contributed by atoms with Gasteiger partial charge in [0.2, 0.25) is 0 Å². The predicted molar refractivity (Wildman–Crippen MR) is 71.2 cm³/mol. The van der Waals surface area contributed by atoms with Crippen molar-refractivity contribution >= 4 is 17.9 Å². The van der Waals surface area contributed by atoms with Gasteiger partial charge in [-0.15, -0.1) is 0 Å². The van der Waals surface area contributed by atoms with E-state index >= 15 is 0 Å². The fraction of sp³-hybridized carbons (Fsp3) is 0.769. The molecular formula is C13H22N2O5. The van der Waals surface area contributed by atoms with Gasteiger partial charge >= 0.3 is 12.0 Å². The molecular weight excluding hydrogens is 264 g/mol. The van der Waals surface area contributed by atoms with Crippen LogP contribution in [0.2, 0.25) is 0 Å². The van der Waals surface area contributed by atoms with Crippen molar-refractivity contribution in [3.05, 3.63) is 0 Å². The Morgan fingerprint density at radius 2 is 1.90 bits per heavy atom. The number of carboxylic acid groups (broad SMARTS) is 1. The molecule has 0 aliphatic heterocycles. The molecule has 0 spiro atoms. The molecule has 0 heterocycles. The summed E-state index contributed by atoms with van der Waals surface area (Å²) in [5.74, 6) is -1.13. The molecule has 1 rings (SSSR count). The zero-order valence-electron chi connectivity index (χ0n) is 11.7. The van der Waals surface area contributed by atoms with Crippen LogP contribution in [0.1, 0.15) is 39.0 Å². The molecule has 0 radical (unpaired) electrons. The molecule has 1 fully saturated rings. The van der Waals surface area contributed by atoms with Crippen LogP contribution >= 0.6 is 0 Å². The van der Waals surface area contributed by atoms with Gasteiger partial charge in [0.25, 0.3) is 5.91 Å². The number of ether oxygens (including phenoxy) is 1. The Morgan fingerprint density at radius 3 is 2.60 bits per heavy atom. The summed E-state index contributed by atoms with van der Waals surface area (Å²) >= 11 is 0. The minimum atomic E-state index is -1.16. The largest absolute Gasteiger partial charge is 0.480 e. The second-order valence-electron chi connectivity index (χ2n) is 5.22. The van der Waals surface area contributed by atoms with Gasteiger partial charge in [0.05, 0.1) is 0 Å². The minimum absolute atomic E-state index is 0.0905. The van der Waals surface area contributed by atoms with E-state index in [0.717, 1.165) is 25.7 Å². The van der Waals surface area contributed by atoms with Crippen molar-refractivity contribution in [2.45, 2.75) is 45.1 Å². The third-order valence-electron chi connectivity index (χ3n) is 3.30. The van der Waals surface area contributed by atoms with E-state index in [4.69, 9.17) is 5.11 Å². The molecule has 0 bridgehead atoms. The van der Waals surface area contributed by atoms with Crippen molar-refractivity contribution in [3.8, 4) is 0 Å². The van der Waals surface area contributed by atoms with Crippen molar-refractivity contribution < 1.29 is 24.2 Å². The number of aliphatic carboxylic acids is 1. The second kappa shape index (κ2) is 8.52. The first kappa shape index (κ1) is 16.4. The average molecular weight is 286 g/mol. The number of carboxylic acids is 1. The van der Waals surface area contributed by atoms with Gasteiger partial charge in [-0.1, -0.05) is 19.8 Å². The highest BCUT2D eigenvalue weighted by Crippen LogP contribution is 2.22. The van der Waals surface area contributed by atoms with Crippen LogP contribution in [0.25, 0.3) is 0 Å². The number of imide groups is 1. The van der Waals surface area contributed by atoms with Crippen molar-refractivity contribution in [3.63, 3.8) is 0 Å². The first-order chi connectivity index (χ1) is 9.47. The SMILES string of the molecule is CC1CCCC(NC(=O)NC(=O)COCC(=O)O)CC1. The number of hydrogen-bond donors (Lipinski definition) is 3. The van der Waals surface area contributed by atoms with Gasteiger partial charge in [-0.2, -0.15) is 0 Å². The van der Waals surface area contributed by atoms with E-state index in [1.165, 1.54) is 6.42 Å². The summed E-state index contributed by atoms with van der Waals surface area (Å²) in [6, 6.07) is -0.457. The lowest BCUT2D eigenvalue weighted by molar-refractivity contribution is -0.143. The molecule has 7 nitrogen and oxygen atoms in total. The van der Waals surface area contributed by atoms with Crippen LogP contribution in [0.5, 0.6) is 0 Å². The summed E-state index contributed by atoms with van der Waals surface area (Å²) in [5, 5.41) is 13.2. The maximum absolute atomic E-state index is 11.6. The number of hydrogen-bond acceptors (Lipinski definition) is 4. The number of rotatable bonds is 5. The van der Waals surface area contributed by atoms with Crippen LogP contribution in [0.4, 0.5) is 4.79 Å². The summed E-state index contributed by atoms with van der Waals surface area (Å²) in [6.07, 6.45) is 5.14. The summed E-state index contributed by atoms with van der Waals surface area (Å²) in [6.45, 7) is 1.20. The monoisotopic (exact) mass is 286 g/mol. The zero-order valence-corrected chi connectivity index (χ0v) is 11.7. The molecule has 2 atom stereocenters. The predicted octanol–water partition coefficient (Wildman–Crippen LogP) is 0.882.